The molecule has 0 unspecified atom stereocenters. The standard InChI is InChI=1S/C23H31N3O4S/c1-17-6-5-7-19(14-17)25-31(28,29)20-9-8-18(2)21(15-20)22(27)24-16-23(3,4)26-10-12-30-13-11-26/h5-9,14-15,25H,10-13,16H2,1-4H3,(H,24,27). The molecule has 7 nitrogen and oxygen atoms in total. The number of hydrogen-bond donors (Lipinski definition) is 2. The van der Waals surface area contributed by atoms with Gasteiger partial charge in [0.2, 0.25) is 0 Å². The third kappa shape index (κ3) is 5.84. The molecule has 0 bridgehead atoms. The Balaban J connectivity index is 1.74. The van der Waals surface area contributed by atoms with Gasteiger partial charge in [0.15, 0.2) is 0 Å². The van der Waals surface area contributed by atoms with Gasteiger partial charge in [-0.3, -0.25) is 14.4 Å². The van der Waals surface area contributed by atoms with E-state index in [1.54, 1.807) is 31.2 Å². The first kappa shape index (κ1) is 23.2. The van der Waals surface area contributed by atoms with E-state index in [1.807, 2.05) is 13.0 Å². The Morgan fingerprint density at radius 3 is 2.48 bits per heavy atom. The monoisotopic (exact) mass is 445 g/mol. The van der Waals surface area contributed by atoms with Gasteiger partial charge in [0.05, 0.1) is 18.1 Å². The van der Waals surface area contributed by atoms with Gasteiger partial charge in [0.25, 0.3) is 15.9 Å². The van der Waals surface area contributed by atoms with Crippen molar-refractivity contribution in [1.82, 2.24) is 10.2 Å². The number of hydrogen-bond acceptors (Lipinski definition) is 5. The molecule has 2 aromatic rings. The first-order chi connectivity index (χ1) is 14.6. The van der Waals surface area contributed by atoms with Gasteiger partial charge in [-0.25, -0.2) is 8.42 Å². The van der Waals surface area contributed by atoms with Gasteiger partial charge >= 0.3 is 0 Å². The molecule has 0 spiro atoms. The average molecular weight is 446 g/mol. The van der Waals surface area contributed by atoms with Crippen LogP contribution in [0.4, 0.5) is 5.69 Å². The number of benzene rings is 2. The molecule has 168 valence electrons. The summed E-state index contributed by atoms with van der Waals surface area (Å²) in [5.74, 6) is -0.286. The van der Waals surface area contributed by atoms with Gasteiger partial charge in [-0.15, -0.1) is 0 Å². The highest BCUT2D eigenvalue weighted by atomic mass is 32.2. The molecule has 1 heterocycles. The van der Waals surface area contributed by atoms with Crippen molar-refractivity contribution in [1.29, 1.82) is 0 Å². The fourth-order valence-corrected chi connectivity index (χ4v) is 4.68. The van der Waals surface area contributed by atoms with Crippen molar-refractivity contribution in [2.24, 2.45) is 0 Å². The summed E-state index contributed by atoms with van der Waals surface area (Å²) in [5, 5.41) is 2.98. The van der Waals surface area contributed by atoms with Crippen LogP contribution < -0.4 is 10.0 Å². The molecular formula is C23H31N3O4S. The molecule has 0 aromatic heterocycles. The number of morpholine rings is 1. The molecule has 0 saturated carbocycles. The maximum absolute atomic E-state index is 12.9. The molecule has 0 radical (unpaired) electrons. The van der Waals surface area contributed by atoms with Gasteiger partial charge in [-0.2, -0.15) is 0 Å². The number of carbonyl (C=O) groups excluding carboxylic acids is 1. The normalized spacial score (nSPS) is 15.5. The fourth-order valence-electron chi connectivity index (χ4n) is 3.61. The molecule has 8 heteroatoms. The van der Waals surface area contributed by atoms with E-state index in [0.29, 0.717) is 31.0 Å². The van der Waals surface area contributed by atoms with Crippen LogP contribution in [0.1, 0.15) is 35.3 Å². The third-order valence-corrected chi connectivity index (χ3v) is 6.96. The molecule has 1 amide bonds. The van der Waals surface area contributed by atoms with Crippen molar-refractivity contribution in [3.05, 3.63) is 59.2 Å². The van der Waals surface area contributed by atoms with Crippen molar-refractivity contribution in [3.63, 3.8) is 0 Å². The molecule has 31 heavy (non-hydrogen) atoms. The number of amides is 1. The number of ether oxygens (including phenoxy) is 1. The second-order valence-electron chi connectivity index (χ2n) is 8.55. The molecule has 1 aliphatic rings. The topological polar surface area (TPSA) is 87.7 Å². The number of anilines is 1. The zero-order chi connectivity index (χ0) is 22.6. The van der Waals surface area contributed by atoms with Crippen molar-refractivity contribution in [3.8, 4) is 0 Å². The lowest BCUT2D eigenvalue weighted by molar-refractivity contribution is -0.00923. The van der Waals surface area contributed by atoms with E-state index in [9.17, 15) is 13.2 Å². The number of sulfonamides is 1. The SMILES string of the molecule is Cc1cccc(NS(=O)(=O)c2ccc(C)c(C(=O)NCC(C)(C)N3CCOCC3)c2)c1. The predicted octanol–water partition coefficient (Wildman–Crippen LogP) is 2.94. The Bertz CT molecular complexity index is 1040. The average Bonchev–Trinajstić information content (AvgIpc) is 2.72. The summed E-state index contributed by atoms with van der Waals surface area (Å²) in [4.78, 5) is 15.2. The molecule has 0 aliphatic carbocycles. The highest BCUT2D eigenvalue weighted by Crippen LogP contribution is 2.21. The first-order valence-electron chi connectivity index (χ1n) is 10.4. The van der Waals surface area contributed by atoms with E-state index >= 15 is 0 Å². The minimum Gasteiger partial charge on any atom is -0.379 e. The van der Waals surface area contributed by atoms with Gasteiger partial charge in [0, 0.05) is 36.4 Å². The Morgan fingerprint density at radius 2 is 1.81 bits per heavy atom. The van der Waals surface area contributed by atoms with Crippen molar-refractivity contribution in [2.45, 2.75) is 38.1 Å². The van der Waals surface area contributed by atoms with Crippen molar-refractivity contribution < 1.29 is 17.9 Å². The molecule has 3 rings (SSSR count). The summed E-state index contributed by atoms with van der Waals surface area (Å²) in [5.41, 5.74) is 2.27. The van der Waals surface area contributed by atoms with Crippen LogP contribution in [0.2, 0.25) is 0 Å². The van der Waals surface area contributed by atoms with Crippen molar-refractivity contribution in [2.75, 3.05) is 37.6 Å². The minimum atomic E-state index is -3.82. The van der Waals surface area contributed by atoms with Crippen LogP contribution in [0.15, 0.2) is 47.4 Å². The third-order valence-electron chi connectivity index (χ3n) is 5.58. The van der Waals surface area contributed by atoms with Gasteiger partial charge < -0.3 is 10.1 Å². The number of nitrogens with zero attached hydrogens (tertiary/aromatic N) is 1. The lowest BCUT2D eigenvalue weighted by Crippen LogP contribution is -2.55. The maximum atomic E-state index is 12.9. The zero-order valence-corrected chi connectivity index (χ0v) is 19.4. The number of carbonyl (C=O) groups is 1. The van der Waals surface area contributed by atoms with Crippen LogP contribution in [0.3, 0.4) is 0 Å². The largest absolute Gasteiger partial charge is 0.379 e. The maximum Gasteiger partial charge on any atom is 0.261 e. The number of rotatable bonds is 7. The summed E-state index contributed by atoms with van der Waals surface area (Å²) in [6.45, 7) is 11.3. The summed E-state index contributed by atoms with van der Waals surface area (Å²) in [6.07, 6.45) is 0. The Kier molecular flexibility index (Phi) is 7.03. The summed E-state index contributed by atoms with van der Waals surface area (Å²) in [6, 6.07) is 11.7. The molecule has 1 fully saturated rings. The van der Waals surface area contributed by atoms with Crippen LogP contribution in [0.5, 0.6) is 0 Å². The lowest BCUT2D eigenvalue weighted by Gasteiger charge is -2.40. The molecule has 0 atom stereocenters. The van der Waals surface area contributed by atoms with Gasteiger partial charge in [0.1, 0.15) is 0 Å². The van der Waals surface area contributed by atoms with Crippen LogP contribution in [-0.2, 0) is 14.8 Å². The molecule has 1 aliphatic heterocycles. The second-order valence-corrected chi connectivity index (χ2v) is 10.2. The smallest absolute Gasteiger partial charge is 0.261 e. The van der Waals surface area contributed by atoms with E-state index in [0.717, 1.165) is 24.2 Å². The lowest BCUT2D eigenvalue weighted by atomic mass is 10.0. The Labute approximate surface area is 184 Å². The Morgan fingerprint density at radius 1 is 1.10 bits per heavy atom. The van der Waals surface area contributed by atoms with E-state index in [2.05, 4.69) is 28.8 Å². The van der Waals surface area contributed by atoms with E-state index in [-0.39, 0.29) is 16.3 Å². The van der Waals surface area contributed by atoms with E-state index in [4.69, 9.17) is 4.74 Å². The van der Waals surface area contributed by atoms with Crippen LogP contribution in [-0.4, -0.2) is 57.6 Å². The predicted molar refractivity (Wildman–Crippen MR) is 122 cm³/mol. The first-order valence-corrected chi connectivity index (χ1v) is 11.9. The minimum absolute atomic E-state index is 0.0530. The molecule has 2 N–H and O–H groups in total. The molecule has 1 saturated heterocycles. The second kappa shape index (κ2) is 9.38. The van der Waals surface area contributed by atoms with Crippen LogP contribution in [0.25, 0.3) is 0 Å². The summed E-state index contributed by atoms with van der Waals surface area (Å²) >= 11 is 0. The summed E-state index contributed by atoms with van der Waals surface area (Å²) < 4.78 is 33.7. The fraction of sp³-hybridized carbons (Fsp3) is 0.435. The molecule has 2 aromatic carbocycles. The summed E-state index contributed by atoms with van der Waals surface area (Å²) in [7, 11) is -3.82. The Hall–Kier alpha value is -2.42. The van der Waals surface area contributed by atoms with E-state index < -0.39 is 10.0 Å². The van der Waals surface area contributed by atoms with Crippen LogP contribution >= 0.6 is 0 Å². The molecular weight excluding hydrogens is 414 g/mol. The quantitative estimate of drug-likeness (QED) is 0.684. The van der Waals surface area contributed by atoms with Crippen molar-refractivity contribution >= 4 is 21.6 Å². The van der Waals surface area contributed by atoms with Crippen LogP contribution in [0, 0.1) is 13.8 Å². The van der Waals surface area contributed by atoms with Gasteiger partial charge in [-0.05, 0) is 63.1 Å². The highest BCUT2D eigenvalue weighted by molar-refractivity contribution is 7.92. The number of aryl methyl sites for hydroxylation is 2. The van der Waals surface area contributed by atoms with Gasteiger partial charge in [-0.1, -0.05) is 18.2 Å². The highest BCUT2D eigenvalue weighted by Gasteiger charge is 2.29. The zero-order valence-electron chi connectivity index (χ0n) is 18.6. The van der Waals surface area contributed by atoms with E-state index in [1.165, 1.54) is 12.1 Å². The number of nitrogens with one attached hydrogen (secondary N) is 2.